The van der Waals surface area contributed by atoms with E-state index >= 15 is 0 Å². The normalized spacial score (nSPS) is 24.3. The smallest absolute Gasteiger partial charge is 0.309 e. The van der Waals surface area contributed by atoms with Crippen LogP contribution in [0.4, 0.5) is 0 Å². The fraction of sp³-hybridized carbons (Fsp3) is 0.857. The van der Waals surface area contributed by atoms with Crippen molar-refractivity contribution >= 4 is 17.7 Å². The molecule has 0 fully saturated rings. The van der Waals surface area contributed by atoms with E-state index in [1.807, 2.05) is 17.8 Å². The van der Waals surface area contributed by atoms with E-state index in [2.05, 4.69) is 27.0 Å². The lowest BCUT2D eigenvalue weighted by molar-refractivity contribution is -0.147. The maximum atomic E-state index is 11.8. The molecule has 146 valence electrons. The van der Waals surface area contributed by atoms with Crippen molar-refractivity contribution in [1.29, 1.82) is 0 Å². The Morgan fingerprint density at radius 2 is 2.16 bits per heavy atom. The van der Waals surface area contributed by atoms with Crippen molar-refractivity contribution in [2.75, 3.05) is 12.9 Å². The van der Waals surface area contributed by atoms with Crippen LogP contribution in [0.2, 0.25) is 0 Å². The second kappa shape index (κ2) is 10.6. The number of thioether (sulfide) groups is 1. The number of aliphatic hydroxyl groups is 1. The van der Waals surface area contributed by atoms with Crippen LogP contribution in [0.15, 0.2) is 11.6 Å². The third-order valence-corrected chi connectivity index (χ3v) is 7.26. The molecule has 0 radical (unpaired) electrons. The predicted molar refractivity (Wildman–Crippen MR) is 108 cm³/mol. The Hall–Kier alpha value is -0.480. The summed E-state index contributed by atoms with van der Waals surface area (Å²) in [5, 5.41) is 10.8. The molecule has 0 aliphatic heterocycles. The maximum absolute atomic E-state index is 11.8. The minimum Gasteiger partial charge on any atom is -0.466 e. The number of hydrogen-bond donors (Lipinski definition) is 1. The van der Waals surface area contributed by atoms with Crippen LogP contribution in [0.5, 0.6) is 0 Å². The molecule has 0 heterocycles. The van der Waals surface area contributed by atoms with Gasteiger partial charge in [-0.25, -0.2) is 0 Å². The van der Waals surface area contributed by atoms with Crippen molar-refractivity contribution in [2.45, 2.75) is 95.8 Å². The highest BCUT2D eigenvalue weighted by molar-refractivity contribution is 7.99. The molecule has 0 amide bonds. The SMILES string of the molecule is CCOC(=O)CC1(O)C=C(CC(CC)CCC(C)(CC)SC)CCC1. The summed E-state index contributed by atoms with van der Waals surface area (Å²) in [6, 6.07) is 0. The zero-order valence-electron chi connectivity index (χ0n) is 16.9. The standard InChI is InChI=1S/C21H38O3S/c1-6-17(11-13-20(4,7-2)25-5)14-18-10-9-12-21(23,15-18)16-19(22)24-8-3/h15,17,23H,6-14,16H2,1-5H3. The quantitative estimate of drug-likeness (QED) is 0.385. The summed E-state index contributed by atoms with van der Waals surface area (Å²) in [4.78, 5) is 11.8. The van der Waals surface area contributed by atoms with E-state index < -0.39 is 5.60 Å². The van der Waals surface area contributed by atoms with Crippen LogP contribution in [-0.2, 0) is 9.53 Å². The maximum Gasteiger partial charge on any atom is 0.309 e. The van der Waals surface area contributed by atoms with Crippen molar-refractivity contribution in [1.82, 2.24) is 0 Å². The minimum absolute atomic E-state index is 0.0848. The van der Waals surface area contributed by atoms with E-state index in [4.69, 9.17) is 4.74 Å². The average Bonchev–Trinajstić information content (AvgIpc) is 2.58. The van der Waals surface area contributed by atoms with Gasteiger partial charge in [-0.1, -0.05) is 38.8 Å². The van der Waals surface area contributed by atoms with Crippen LogP contribution >= 0.6 is 11.8 Å². The summed E-state index contributed by atoms with van der Waals surface area (Å²) in [5.41, 5.74) is 0.322. The number of allylic oxidation sites excluding steroid dienone is 1. The molecule has 4 heteroatoms. The number of hydrogen-bond acceptors (Lipinski definition) is 4. The van der Waals surface area contributed by atoms with E-state index in [1.165, 1.54) is 31.3 Å². The molecule has 3 unspecified atom stereocenters. The number of carbonyl (C=O) groups is 1. The molecule has 3 nitrogen and oxygen atoms in total. The number of carbonyl (C=O) groups excluding carboxylic acids is 1. The van der Waals surface area contributed by atoms with E-state index in [9.17, 15) is 9.90 Å². The average molecular weight is 371 g/mol. The van der Waals surface area contributed by atoms with Crippen molar-refractivity contribution in [3.8, 4) is 0 Å². The fourth-order valence-corrected chi connectivity index (χ4v) is 4.27. The van der Waals surface area contributed by atoms with E-state index in [1.54, 1.807) is 6.92 Å². The van der Waals surface area contributed by atoms with Crippen molar-refractivity contribution in [2.24, 2.45) is 5.92 Å². The Bertz CT molecular complexity index is 442. The van der Waals surface area contributed by atoms with Gasteiger partial charge < -0.3 is 9.84 Å². The summed E-state index contributed by atoms with van der Waals surface area (Å²) < 4.78 is 5.39. The summed E-state index contributed by atoms with van der Waals surface area (Å²) >= 11 is 1.98. The topological polar surface area (TPSA) is 46.5 Å². The molecule has 1 aliphatic rings. The first kappa shape index (κ1) is 22.6. The molecule has 0 spiro atoms. The molecule has 1 N–H and O–H groups in total. The van der Waals surface area contributed by atoms with Crippen molar-refractivity contribution in [3.63, 3.8) is 0 Å². The van der Waals surface area contributed by atoms with Gasteiger partial charge in [-0.3, -0.25) is 4.79 Å². The van der Waals surface area contributed by atoms with Gasteiger partial charge in [0.1, 0.15) is 0 Å². The molecule has 0 aromatic heterocycles. The Kier molecular flexibility index (Phi) is 9.58. The van der Waals surface area contributed by atoms with Gasteiger partial charge in [-0.05, 0) is 64.0 Å². The zero-order valence-corrected chi connectivity index (χ0v) is 17.7. The third-order valence-electron chi connectivity index (χ3n) is 5.79. The number of ether oxygens (including phenoxy) is 1. The largest absolute Gasteiger partial charge is 0.466 e. The molecule has 0 aromatic rings. The van der Waals surface area contributed by atoms with Crippen LogP contribution in [0.25, 0.3) is 0 Å². The molecular weight excluding hydrogens is 332 g/mol. The molecule has 0 aromatic carbocycles. The summed E-state index contributed by atoms with van der Waals surface area (Å²) in [7, 11) is 0. The predicted octanol–water partition coefficient (Wildman–Crippen LogP) is 5.51. The molecule has 3 atom stereocenters. The zero-order chi connectivity index (χ0) is 18.9. The first-order valence-corrected chi connectivity index (χ1v) is 11.2. The van der Waals surface area contributed by atoms with Gasteiger partial charge in [0.2, 0.25) is 0 Å². The Morgan fingerprint density at radius 1 is 1.44 bits per heavy atom. The molecule has 0 saturated carbocycles. The minimum atomic E-state index is -1.00. The molecular formula is C21H38O3S. The van der Waals surface area contributed by atoms with Crippen LogP contribution in [-0.4, -0.2) is 34.3 Å². The van der Waals surface area contributed by atoms with E-state index in [0.717, 1.165) is 19.3 Å². The summed E-state index contributed by atoms with van der Waals surface area (Å²) in [6.07, 6.45) is 12.8. The molecule has 0 saturated heterocycles. The van der Waals surface area contributed by atoms with Gasteiger partial charge in [0.25, 0.3) is 0 Å². The Balaban J connectivity index is 2.66. The summed E-state index contributed by atoms with van der Waals surface area (Å²) in [6.45, 7) is 9.07. The van der Waals surface area contributed by atoms with Gasteiger partial charge in [0.15, 0.2) is 0 Å². The number of rotatable bonds is 11. The Labute approximate surface area is 159 Å². The monoisotopic (exact) mass is 370 g/mol. The van der Waals surface area contributed by atoms with Crippen LogP contribution < -0.4 is 0 Å². The van der Waals surface area contributed by atoms with Gasteiger partial charge >= 0.3 is 5.97 Å². The van der Waals surface area contributed by atoms with Crippen molar-refractivity contribution < 1.29 is 14.6 Å². The lowest BCUT2D eigenvalue weighted by Crippen LogP contribution is -2.33. The first-order valence-electron chi connectivity index (χ1n) is 9.93. The highest BCUT2D eigenvalue weighted by Gasteiger charge is 2.32. The van der Waals surface area contributed by atoms with Crippen LogP contribution in [0, 0.1) is 5.92 Å². The van der Waals surface area contributed by atoms with E-state index in [0.29, 0.717) is 23.7 Å². The van der Waals surface area contributed by atoms with Gasteiger partial charge in [-0.15, -0.1) is 0 Å². The van der Waals surface area contributed by atoms with E-state index in [-0.39, 0.29) is 12.4 Å². The van der Waals surface area contributed by atoms with Gasteiger partial charge in [0.05, 0.1) is 18.6 Å². The van der Waals surface area contributed by atoms with Crippen LogP contribution in [0.1, 0.15) is 85.5 Å². The van der Waals surface area contributed by atoms with Gasteiger partial charge in [-0.2, -0.15) is 11.8 Å². The molecule has 25 heavy (non-hydrogen) atoms. The lowest BCUT2D eigenvalue weighted by Gasteiger charge is -2.32. The molecule has 1 rings (SSSR count). The van der Waals surface area contributed by atoms with Crippen LogP contribution in [0.3, 0.4) is 0 Å². The molecule has 1 aliphatic carbocycles. The second-order valence-electron chi connectivity index (χ2n) is 7.77. The number of esters is 1. The lowest BCUT2D eigenvalue weighted by atomic mass is 9.80. The Morgan fingerprint density at radius 3 is 2.72 bits per heavy atom. The first-order chi connectivity index (χ1) is 11.8. The highest BCUT2D eigenvalue weighted by Crippen LogP contribution is 2.37. The molecule has 0 bridgehead atoms. The van der Waals surface area contributed by atoms with Crippen molar-refractivity contribution in [3.05, 3.63) is 11.6 Å². The van der Waals surface area contributed by atoms with Gasteiger partial charge in [0, 0.05) is 4.75 Å². The second-order valence-corrected chi connectivity index (χ2v) is 9.16. The third kappa shape index (κ3) is 7.74. The summed E-state index contributed by atoms with van der Waals surface area (Å²) in [5.74, 6) is 0.363. The fourth-order valence-electron chi connectivity index (χ4n) is 3.66. The highest BCUT2D eigenvalue weighted by atomic mass is 32.2.